The van der Waals surface area contributed by atoms with Gasteiger partial charge in [0, 0.05) is 11.9 Å². The Morgan fingerprint density at radius 3 is 2.72 bits per heavy atom. The Balaban J connectivity index is 2.19. The number of anilines is 1. The van der Waals surface area contributed by atoms with Gasteiger partial charge in [0.1, 0.15) is 4.21 Å². The van der Waals surface area contributed by atoms with E-state index in [1.807, 2.05) is 19.4 Å². The predicted molar refractivity (Wildman–Crippen MR) is 74.7 cm³/mol. The summed E-state index contributed by atoms with van der Waals surface area (Å²) >= 11 is 2.49. The first-order valence-corrected chi connectivity index (χ1v) is 8.42. The fourth-order valence-electron chi connectivity index (χ4n) is 1.36. The van der Waals surface area contributed by atoms with Gasteiger partial charge in [-0.05, 0) is 31.0 Å². The van der Waals surface area contributed by atoms with E-state index in [9.17, 15) is 8.42 Å². The van der Waals surface area contributed by atoms with Crippen LogP contribution < -0.4 is 10.0 Å². The molecule has 0 fully saturated rings. The summed E-state index contributed by atoms with van der Waals surface area (Å²) in [5.41, 5.74) is 1.76. The zero-order valence-corrected chi connectivity index (χ0v) is 12.4. The summed E-state index contributed by atoms with van der Waals surface area (Å²) in [4.78, 5) is 4.09. The summed E-state index contributed by atoms with van der Waals surface area (Å²) in [5, 5.41) is 7.02. The van der Waals surface area contributed by atoms with Gasteiger partial charge in [-0.2, -0.15) is 0 Å². The van der Waals surface area contributed by atoms with Gasteiger partial charge < -0.3 is 5.32 Å². The number of hydrogen-bond donors (Lipinski definition) is 2. The molecule has 0 amide bonds. The molecular formula is C10H13N3O2S3. The van der Waals surface area contributed by atoms with Crippen molar-refractivity contribution in [1.29, 1.82) is 0 Å². The van der Waals surface area contributed by atoms with Gasteiger partial charge in [0.15, 0.2) is 5.13 Å². The minimum absolute atomic E-state index is 0.306. The summed E-state index contributed by atoms with van der Waals surface area (Å²) in [5.74, 6) is 0. The van der Waals surface area contributed by atoms with Crippen LogP contribution in [-0.2, 0) is 16.6 Å². The smallest absolute Gasteiger partial charge is 0.273 e. The van der Waals surface area contributed by atoms with Gasteiger partial charge in [-0.15, -0.1) is 22.7 Å². The Morgan fingerprint density at radius 1 is 1.33 bits per heavy atom. The van der Waals surface area contributed by atoms with E-state index in [1.54, 1.807) is 11.4 Å². The molecule has 0 atom stereocenters. The summed E-state index contributed by atoms with van der Waals surface area (Å²) in [6.45, 7) is 2.48. The lowest BCUT2D eigenvalue weighted by Crippen LogP contribution is -2.11. The molecule has 8 heteroatoms. The van der Waals surface area contributed by atoms with Gasteiger partial charge in [-0.1, -0.05) is 0 Å². The Bertz CT molecular complexity index is 630. The normalized spacial score (nSPS) is 11.7. The first kappa shape index (κ1) is 13.5. The van der Waals surface area contributed by atoms with Crippen LogP contribution in [0.25, 0.3) is 0 Å². The standard InChI is InChI=1S/C10H13N3O2S3/c1-7-5-17-10(12-7)13-18(14,15)9-3-8(4-11-2)6-16-9/h3,5-6,11H,4H2,1-2H3,(H,12,13). The second-order valence-corrected chi connectivity index (χ2v) is 7.38. The second-order valence-electron chi connectivity index (χ2n) is 3.70. The summed E-state index contributed by atoms with van der Waals surface area (Å²) < 4.78 is 26.9. The maximum Gasteiger partial charge on any atom is 0.273 e. The molecule has 0 unspecified atom stereocenters. The van der Waals surface area contributed by atoms with Crippen LogP contribution in [0.3, 0.4) is 0 Å². The Kier molecular flexibility index (Phi) is 4.00. The monoisotopic (exact) mass is 303 g/mol. The minimum Gasteiger partial charge on any atom is -0.316 e. The van der Waals surface area contributed by atoms with Crippen LogP contribution in [0.1, 0.15) is 11.3 Å². The third-order valence-corrected chi connectivity index (χ3v) is 5.95. The number of sulfonamides is 1. The molecule has 0 aliphatic rings. The van der Waals surface area contributed by atoms with Crippen molar-refractivity contribution in [2.75, 3.05) is 11.8 Å². The average Bonchev–Trinajstić information content (AvgIpc) is 2.88. The van der Waals surface area contributed by atoms with E-state index in [0.717, 1.165) is 11.3 Å². The zero-order chi connectivity index (χ0) is 13.2. The first-order valence-electron chi connectivity index (χ1n) is 5.18. The fourth-order valence-corrected chi connectivity index (χ4v) is 4.51. The maximum absolute atomic E-state index is 12.1. The molecule has 0 spiro atoms. The van der Waals surface area contributed by atoms with Crippen LogP contribution in [-0.4, -0.2) is 20.4 Å². The van der Waals surface area contributed by atoms with Crippen LogP contribution in [0, 0.1) is 6.92 Å². The third kappa shape index (κ3) is 3.08. The van der Waals surface area contributed by atoms with Crippen molar-refractivity contribution >= 4 is 37.8 Å². The van der Waals surface area contributed by atoms with E-state index in [0.29, 0.717) is 15.9 Å². The van der Waals surface area contributed by atoms with Crippen molar-refractivity contribution < 1.29 is 8.42 Å². The van der Waals surface area contributed by atoms with Gasteiger partial charge in [-0.25, -0.2) is 13.4 Å². The van der Waals surface area contributed by atoms with E-state index >= 15 is 0 Å². The van der Waals surface area contributed by atoms with Gasteiger partial charge in [-0.3, -0.25) is 4.72 Å². The SMILES string of the molecule is CNCc1csc(S(=O)(=O)Nc2nc(C)cs2)c1. The number of aromatic nitrogens is 1. The molecule has 18 heavy (non-hydrogen) atoms. The lowest BCUT2D eigenvalue weighted by molar-refractivity contribution is 0.603. The van der Waals surface area contributed by atoms with Crippen molar-refractivity contribution in [2.24, 2.45) is 0 Å². The van der Waals surface area contributed by atoms with E-state index < -0.39 is 10.0 Å². The molecule has 0 aliphatic heterocycles. The molecule has 0 saturated heterocycles. The highest BCUT2D eigenvalue weighted by atomic mass is 32.2. The molecule has 2 N–H and O–H groups in total. The van der Waals surface area contributed by atoms with Crippen LogP contribution in [0.15, 0.2) is 21.0 Å². The third-order valence-electron chi connectivity index (χ3n) is 2.12. The Hall–Kier alpha value is -0.960. The van der Waals surface area contributed by atoms with Crippen LogP contribution in [0.2, 0.25) is 0 Å². The minimum atomic E-state index is -3.51. The van der Waals surface area contributed by atoms with Crippen molar-refractivity contribution in [1.82, 2.24) is 10.3 Å². The quantitative estimate of drug-likeness (QED) is 0.886. The van der Waals surface area contributed by atoms with E-state index in [1.165, 1.54) is 22.7 Å². The fraction of sp³-hybridized carbons (Fsp3) is 0.300. The van der Waals surface area contributed by atoms with E-state index in [4.69, 9.17) is 0 Å². The summed E-state index contributed by atoms with van der Waals surface area (Å²) in [6.07, 6.45) is 0. The number of thiophene rings is 1. The van der Waals surface area contributed by atoms with Crippen LogP contribution in [0.4, 0.5) is 5.13 Å². The van der Waals surface area contributed by atoms with Crippen LogP contribution in [0.5, 0.6) is 0 Å². The van der Waals surface area contributed by atoms with Crippen molar-refractivity contribution in [3.05, 3.63) is 28.1 Å². The highest BCUT2D eigenvalue weighted by Gasteiger charge is 2.18. The number of nitrogens with one attached hydrogen (secondary N) is 2. The van der Waals surface area contributed by atoms with Gasteiger partial charge in [0.05, 0.1) is 5.69 Å². The molecule has 0 bridgehead atoms. The maximum atomic E-state index is 12.1. The highest BCUT2D eigenvalue weighted by Crippen LogP contribution is 2.24. The molecule has 0 saturated carbocycles. The molecule has 2 aromatic rings. The van der Waals surface area contributed by atoms with Crippen molar-refractivity contribution in [3.63, 3.8) is 0 Å². The lowest BCUT2D eigenvalue weighted by atomic mass is 10.3. The lowest BCUT2D eigenvalue weighted by Gasteiger charge is -2.01. The van der Waals surface area contributed by atoms with E-state index in [2.05, 4.69) is 15.0 Å². The zero-order valence-electron chi connectivity index (χ0n) is 9.93. The molecule has 98 valence electrons. The van der Waals surface area contributed by atoms with Gasteiger partial charge in [0.25, 0.3) is 10.0 Å². The largest absolute Gasteiger partial charge is 0.316 e. The average molecular weight is 303 g/mol. The molecule has 2 rings (SSSR count). The van der Waals surface area contributed by atoms with E-state index in [-0.39, 0.29) is 0 Å². The first-order chi connectivity index (χ1) is 8.51. The molecule has 5 nitrogen and oxygen atoms in total. The molecule has 0 aliphatic carbocycles. The molecule has 0 aromatic carbocycles. The summed E-state index contributed by atoms with van der Waals surface area (Å²) in [7, 11) is -1.69. The second kappa shape index (κ2) is 5.35. The molecular weight excluding hydrogens is 290 g/mol. The summed E-state index contributed by atoms with van der Waals surface area (Å²) in [6, 6.07) is 1.67. The van der Waals surface area contributed by atoms with Gasteiger partial charge >= 0.3 is 0 Å². The molecule has 2 heterocycles. The Morgan fingerprint density at radius 2 is 2.11 bits per heavy atom. The molecule has 2 aromatic heterocycles. The number of aryl methyl sites for hydroxylation is 1. The molecule has 0 radical (unpaired) electrons. The number of rotatable bonds is 5. The van der Waals surface area contributed by atoms with Crippen molar-refractivity contribution in [2.45, 2.75) is 17.7 Å². The van der Waals surface area contributed by atoms with Gasteiger partial charge in [0.2, 0.25) is 0 Å². The van der Waals surface area contributed by atoms with Crippen molar-refractivity contribution in [3.8, 4) is 0 Å². The predicted octanol–water partition coefficient (Wildman–Crippen LogP) is 2.03. The number of hydrogen-bond acceptors (Lipinski definition) is 6. The number of nitrogens with zero attached hydrogens (tertiary/aromatic N) is 1. The topological polar surface area (TPSA) is 71.1 Å². The Labute approximate surface area is 114 Å². The van der Waals surface area contributed by atoms with Crippen LogP contribution >= 0.6 is 22.7 Å². The number of thiazole rings is 1. The highest BCUT2D eigenvalue weighted by molar-refractivity contribution is 7.94.